The van der Waals surface area contributed by atoms with Crippen molar-refractivity contribution in [2.24, 2.45) is 0 Å². The van der Waals surface area contributed by atoms with Crippen molar-refractivity contribution < 1.29 is 14.6 Å². The summed E-state index contributed by atoms with van der Waals surface area (Å²) in [6.07, 6.45) is 1.84. The lowest BCUT2D eigenvalue weighted by Crippen LogP contribution is -2.25. The molecule has 2 aromatic heterocycles. The van der Waals surface area contributed by atoms with Gasteiger partial charge in [0, 0.05) is 23.5 Å². The summed E-state index contributed by atoms with van der Waals surface area (Å²) in [4.78, 5) is 17.3. The number of phenols is 1. The number of nitrogens with zero attached hydrogens (tertiary/aromatic N) is 5. The van der Waals surface area contributed by atoms with Gasteiger partial charge in [-0.05, 0) is 31.5 Å². The molecule has 1 unspecified atom stereocenters. The van der Waals surface area contributed by atoms with Crippen molar-refractivity contribution >= 4 is 11.7 Å². The van der Waals surface area contributed by atoms with Gasteiger partial charge in [0.1, 0.15) is 5.82 Å². The summed E-state index contributed by atoms with van der Waals surface area (Å²) in [5.41, 5.74) is 5.17. The number of ether oxygens (including phenoxy) is 1. The standard InChI is InChI=1S/C24H22N6O3/c1-13-4-6-15(7-5-13)18-12-25-28-24(26-18)30-23-22(14(2)29-30)17(11-21(32)27-23)16-8-9-19(31)20(10-16)33-3/h4-10,12,17,31H,11H2,1-3H3,(H,27,32). The Kier molecular flexibility index (Phi) is 5.01. The number of hydrogen-bond donors (Lipinski definition) is 2. The molecule has 0 saturated heterocycles. The van der Waals surface area contributed by atoms with E-state index in [2.05, 4.69) is 25.6 Å². The van der Waals surface area contributed by atoms with Crippen LogP contribution in [0.3, 0.4) is 0 Å². The lowest BCUT2D eigenvalue weighted by atomic mass is 9.85. The second-order valence-electron chi connectivity index (χ2n) is 8.00. The maximum atomic E-state index is 12.7. The molecule has 1 amide bonds. The van der Waals surface area contributed by atoms with Crippen LogP contribution in [0.5, 0.6) is 11.5 Å². The monoisotopic (exact) mass is 442 g/mol. The number of aromatic hydroxyl groups is 1. The molecule has 0 fully saturated rings. The molecular weight excluding hydrogens is 420 g/mol. The quantitative estimate of drug-likeness (QED) is 0.497. The summed E-state index contributed by atoms with van der Waals surface area (Å²) in [6.45, 7) is 3.91. The third-order valence-corrected chi connectivity index (χ3v) is 5.79. The zero-order chi connectivity index (χ0) is 23.1. The molecule has 2 N–H and O–H groups in total. The van der Waals surface area contributed by atoms with Crippen molar-refractivity contribution in [1.29, 1.82) is 0 Å². The van der Waals surface area contributed by atoms with Crippen molar-refractivity contribution in [3.8, 4) is 28.7 Å². The summed E-state index contributed by atoms with van der Waals surface area (Å²) in [5.74, 6) is 0.767. The summed E-state index contributed by atoms with van der Waals surface area (Å²) in [6, 6.07) is 13.1. The van der Waals surface area contributed by atoms with E-state index in [9.17, 15) is 9.90 Å². The summed E-state index contributed by atoms with van der Waals surface area (Å²) in [5, 5.41) is 25.8. The number of hydrogen-bond acceptors (Lipinski definition) is 7. The average molecular weight is 442 g/mol. The van der Waals surface area contributed by atoms with Crippen LogP contribution in [0.2, 0.25) is 0 Å². The van der Waals surface area contributed by atoms with Crippen LogP contribution < -0.4 is 10.1 Å². The molecule has 3 heterocycles. The molecule has 0 saturated carbocycles. The fraction of sp³-hybridized carbons (Fsp3) is 0.208. The van der Waals surface area contributed by atoms with Gasteiger partial charge in [0.25, 0.3) is 5.95 Å². The van der Waals surface area contributed by atoms with Gasteiger partial charge in [0.15, 0.2) is 11.5 Å². The van der Waals surface area contributed by atoms with Gasteiger partial charge in [0.05, 0.1) is 24.7 Å². The van der Waals surface area contributed by atoms with Crippen LogP contribution in [0.1, 0.15) is 34.7 Å². The van der Waals surface area contributed by atoms with Gasteiger partial charge in [-0.3, -0.25) is 4.79 Å². The zero-order valence-corrected chi connectivity index (χ0v) is 18.4. The van der Waals surface area contributed by atoms with Gasteiger partial charge in [-0.2, -0.15) is 14.9 Å². The molecule has 1 aliphatic rings. The average Bonchev–Trinajstić information content (AvgIpc) is 3.15. The van der Waals surface area contributed by atoms with Crippen molar-refractivity contribution in [1.82, 2.24) is 25.0 Å². The van der Waals surface area contributed by atoms with Crippen LogP contribution in [0.4, 0.5) is 5.82 Å². The molecule has 166 valence electrons. The lowest BCUT2D eigenvalue weighted by molar-refractivity contribution is -0.116. The molecular formula is C24H22N6O3. The molecule has 5 rings (SSSR count). The van der Waals surface area contributed by atoms with Crippen LogP contribution in [0, 0.1) is 13.8 Å². The SMILES string of the molecule is COc1cc(C2CC(=O)Nc3c2c(C)nn3-c2nncc(-c3ccc(C)cc3)n2)ccc1O. The molecule has 4 aromatic rings. The van der Waals surface area contributed by atoms with Crippen molar-refractivity contribution in [2.45, 2.75) is 26.2 Å². The van der Waals surface area contributed by atoms with Gasteiger partial charge in [-0.25, -0.2) is 4.98 Å². The van der Waals surface area contributed by atoms with Gasteiger partial charge < -0.3 is 15.2 Å². The highest BCUT2D eigenvalue weighted by atomic mass is 16.5. The van der Waals surface area contributed by atoms with Crippen LogP contribution in [-0.2, 0) is 4.79 Å². The first-order chi connectivity index (χ1) is 15.9. The Morgan fingerprint density at radius 3 is 2.70 bits per heavy atom. The van der Waals surface area contributed by atoms with Gasteiger partial charge in [0.2, 0.25) is 5.91 Å². The Hall–Kier alpha value is -4.27. The first-order valence-electron chi connectivity index (χ1n) is 10.5. The minimum atomic E-state index is -0.259. The number of benzene rings is 2. The second-order valence-corrected chi connectivity index (χ2v) is 8.00. The van der Waals surface area contributed by atoms with Gasteiger partial charge in [-0.1, -0.05) is 35.9 Å². The minimum Gasteiger partial charge on any atom is -0.504 e. The van der Waals surface area contributed by atoms with Gasteiger partial charge >= 0.3 is 0 Å². The number of aryl methyl sites for hydroxylation is 2. The van der Waals surface area contributed by atoms with Crippen molar-refractivity contribution in [2.75, 3.05) is 12.4 Å². The molecule has 2 aromatic carbocycles. The Morgan fingerprint density at radius 1 is 1.15 bits per heavy atom. The Bertz CT molecular complexity index is 1360. The van der Waals surface area contributed by atoms with E-state index in [-0.39, 0.29) is 29.9 Å². The molecule has 33 heavy (non-hydrogen) atoms. The summed E-state index contributed by atoms with van der Waals surface area (Å²) >= 11 is 0. The van der Waals surface area contributed by atoms with E-state index in [0.29, 0.717) is 17.3 Å². The van der Waals surface area contributed by atoms with E-state index in [4.69, 9.17) is 4.74 Å². The fourth-order valence-corrected chi connectivity index (χ4v) is 4.13. The number of anilines is 1. The number of nitrogens with one attached hydrogen (secondary N) is 1. The highest BCUT2D eigenvalue weighted by Crippen LogP contribution is 2.42. The largest absolute Gasteiger partial charge is 0.504 e. The molecule has 9 nitrogen and oxygen atoms in total. The number of carbonyl (C=O) groups excluding carboxylic acids is 1. The normalized spacial score (nSPS) is 15.1. The molecule has 0 aliphatic carbocycles. The number of amides is 1. The Morgan fingerprint density at radius 2 is 1.94 bits per heavy atom. The van der Waals surface area contributed by atoms with E-state index in [1.165, 1.54) is 11.8 Å². The molecule has 1 aliphatic heterocycles. The van der Waals surface area contributed by atoms with Crippen molar-refractivity contribution in [3.63, 3.8) is 0 Å². The van der Waals surface area contributed by atoms with Crippen LogP contribution in [0.25, 0.3) is 17.2 Å². The number of methoxy groups -OCH3 is 1. The minimum absolute atomic E-state index is 0.0431. The predicted octanol–water partition coefficient (Wildman–Crippen LogP) is 3.53. The number of phenolic OH excluding ortho intramolecular Hbond substituents is 1. The number of fused-ring (bicyclic) bond motifs is 1. The van der Waals surface area contributed by atoms with E-state index in [1.807, 2.05) is 38.1 Å². The zero-order valence-electron chi connectivity index (χ0n) is 18.4. The molecule has 0 bridgehead atoms. The van der Waals surface area contributed by atoms with Crippen molar-refractivity contribution in [3.05, 3.63) is 71.0 Å². The summed E-state index contributed by atoms with van der Waals surface area (Å²) in [7, 11) is 1.49. The number of rotatable bonds is 4. The molecule has 0 spiro atoms. The van der Waals surface area contributed by atoms with Crippen LogP contribution >= 0.6 is 0 Å². The third kappa shape index (κ3) is 3.67. The Balaban J connectivity index is 1.60. The molecule has 1 atom stereocenters. The lowest BCUT2D eigenvalue weighted by Gasteiger charge is -2.24. The molecule has 0 radical (unpaired) electrons. The van der Waals surface area contributed by atoms with E-state index >= 15 is 0 Å². The molecule has 9 heteroatoms. The van der Waals surface area contributed by atoms with Crippen LogP contribution in [-0.4, -0.2) is 43.1 Å². The Labute approximate surface area is 190 Å². The summed E-state index contributed by atoms with van der Waals surface area (Å²) < 4.78 is 6.78. The highest BCUT2D eigenvalue weighted by molar-refractivity contribution is 5.95. The highest BCUT2D eigenvalue weighted by Gasteiger charge is 2.33. The third-order valence-electron chi connectivity index (χ3n) is 5.79. The predicted molar refractivity (Wildman–Crippen MR) is 122 cm³/mol. The maximum Gasteiger partial charge on any atom is 0.272 e. The maximum absolute atomic E-state index is 12.7. The smallest absolute Gasteiger partial charge is 0.272 e. The number of carbonyl (C=O) groups is 1. The second kappa shape index (κ2) is 8.01. The topological polar surface area (TPSA) is 115 Å². The first-order valence-corrected chi connectivity index (χ1v) is 10.5. The van der Waals surface area contributed by atoms with Crippen LogP contribution in [0.15, 0.2) is 48.7 Å². The van der Waals surface area contributed by atoms with E-state index < -0.39 is 0 Å². The fourth-order valence-electron chi connectivity index (χ4n) is 4.13. The first kappa shape index (κ1) is 20.6. The van der Waals surface area contributed by atoms with Gasteiger partial charge in [-0.15, -0.1) is 5.10 Å². The van der Waals surface area contributed by atoms with E-state index in [1.54, 1.807) is 24.4 Å². The van der Waals surface area contributed by atoms with E-state index in [0.717, 1.165) is 27.9 Å². The number of aromatic nitrogens is 5.